The quantitative estimate of drug-likeness (QED) is 0.856. The van der Waals surface area contributed by atoms with Crippen molar-refractivity contribution in [2.75, 3.05) is 0 Å². The highest BCUT2D eigenvalue weighted by molar-refractivity contribution is 5.88. The van der Waals surface area contributed by atoms with Crippen molar-refractivity contribution in [3.63, 3.8) is 0 Å². The van der Waals surface area contributed by atoms with Gasteiger partial charge in [-0.05, 0) is 48.9 Å². The van der Waals surface area contributed by atoms with Gasteiger partial charge in [0.05, 0.1) is 16.6 Å². The van der Waals surface area contributed by atoms with E-state index in [1.54, 1.807) is 12.1 Å². The highest BCUT2D eigenvalue weighted by Gasteiger charge is 2.55. The maximum absolute atomic E-state index is 11.3. The third kappa shape index (κ3) is 1.93. The van der Waals surface area contributed by atoms with Crippen LogP contribution in [-0.4, -0.2) is 21.3 Å². The number of aromatic carboxylic acids is 1. The largest absolute Gasteiger partial charge is 0.478 e. The van der Waals surface area contributed by atoms with Gasteiger partial charge < -0.3 is 10.3 Å². The number of hydrogen-bond donors (Lipinski definition) is 2. The van der Waals surface area contributed by atoms with E-state index in [1.807, 2.05) is 19.9 Å². The fourth-order valence-corrected chi connectivity index (χ4v) is 3.97. The molecule has 1 heterocycles. The van der Waals surface area contributed by atoms with Crippen molar-refractivity contribution in [1.29, 1.82) is 0 Å². The fraction of sp³-hybridized carbons (Fsp3) is 0.588. The van der Waals surface area contributed by atoms with Crippen molar-refractivity contribution < 1.29 is 15.1 Å². The molecular formula is C17H25NO3. The van der Waals surface area contributed by atoms with E-state index < -0.39 is 17.0 Å². The first-order valence-electron chi connectivity index (χ1n) is 7.81. The molecule has 1 aromatic carbocycles. The summed E-state index contributed by atoms with van der Waals surface area (Å²) >= 11 is 0. The van der Waals surface area contributed by atoms with Gasteiger partial charge >= 0.3 is 5.97 Å². The Hall–Kier alpha value is -1.39. The number of hydroxylamine groups is 2. The van der Waals surface area contributed by atoms with Gasteiger partial charge in [-0.1, -0.05) is 33.8 Å². The molecular weight excluding hydrogens is 266 g/mol. The minimum absolute atomic E-state index is 0.288. The molecule has 2 rings (SSSR count). The minimum atomic E-state index is -0.922. The summed E-state index contributed by atoms with van der Waals surface area (Å²) in [5.74, 6) is -0.922. The van der Waals surface area contributed by atoms with E-state index in [0.29, 0.717) is 0 Å². The number of benzene rings is 1. The first-order valence-corrected chi connectivity index (χ1v) is 7.81. The van der Waals surface area contributed by atoms with Crippen LogP contribution in [0.15, 0.2) is 18.2 Å². The van der Waals surface area contributed by atoms with Crippen LogP contribution in [0.5, 0.6) is 0 Å². The minimum Gasteiger partial charge on any atom is -0.478 e. The van der Waals surface area contributed by atoms with Crippen molar-refractivity contribution in [3.8, 4) is 0 Å². The molecule has 0 amide bonds. The van der Waals surface area contributed by atoms with Crippen LogP contribution in [0, 0.1) is 0 Å². The lowest BCUT2D eigenvalue weighted by Crippen LogP contribution is -2.48. The molecule has 4 heteroatoms. The summed E-state index contributed by atoms with van der Waals surface area (Å²) < 4.78 is 0. The lowest BCUT2D eigenvalue weighted by molar-refractivity contribution is -0.241. The maximum atomic E-state index is 11.3. The van der Waals surface area contributed by atoms with Gasteiger partial charge in [-0.15, -0.1) is 0 Å². The predicted molar refractivity (Wildman–Crippen MR) is 81.5 cm³/mol. The average molecular weight is 291 g/mol. The Labute approximate surface area is 126 Å². The average Bonchev–Trinajstić information content (AvgIpc) is 2.72. The van der Waals surface area contributed by atoms with Gasteiger partial charge in [0.15, 0.2) is 0 Å². The van der Waals surface area contributed by atoms with Crippen LogP contribution in [0.25, 0.3) is 0 Å². The third-order valence-corrected chi connectivity index (χ3v) is 5.42. The maximum Gasteiger partial charge on any atom is 0.335 e. The van der Waals surface area contributed by atoms with Gasteiger partial charge in [0, 0.05) is 0 Å². The summed E-state index contributed by atoms with van der Waals surface area (Å²) in [7, 11) is 0. The standard InChI is InChI=1S/C17H25NO3/c1-5-16(6-2)13-10-9-12(15(19)20)11-14(13)17(7-3,8-4)18(16)21/h9-11,21H,5-8H2,1-4H3,(H,19,20). The Kier molecular flexibility index (Phi) is 4.13. The van der Waals surface area contributed by atoms with Gasteiger partial charge in [-0.2, -0.15) is 5.06 Å². The summed E-state index contributed by atoms with van der Waals surface area (Å²) in [4.78, 5) is 11.3. The molecule has 1 aromatic rings. The Morgan fingerprint density at radius 2 is 1.48 bits per heavy atom. The number of nitrogens with zero attached hydrogens (tertiary/aromatic N) is 1. The number of carbonyl (C=O) groups is 1. The lowest BCUT2D eigenvalue weighted by Gasteiger charge is -2.42. The summed E-state index contributed by atoms with van der Waals surface area (Å²) in [6, 6.07) is 5.29. The molecule has 0 atom stereocenters. The first kappa shape index (κ1) is 16.0. The summed E-state index contributed by atoms with van der Waals surface area (Å²) in [5, 5.41) is 21.8. The molecule has 0 saturated carbocycles. The molecule has 0 aliphatic carbocycles. The molecule has 0 aromatic heterocycles. The SMILES string of the molecule is CCC1(CC)c2ccc(C(=O)O)cc2C(CC)(CC)N1O. The Balaban J connectivity index is 2.77. The lowest BCUT2D eigenvalue weighted by atomic mass is 9.82. The van der Waals surface area contributed by atoms with E-state index in [-0.39, 0.29) is 5.56 Å². The van der Waals surface area contributed by atoms with E-state index in [9.17, 15) is 15.1 Å². The summed E-state index contributed by atoms with van der Waals surface area (Å²) in [5.41, 5.74) is 1.42. The van der Waals surface area contributed by atoms with Gasteiger partial charge in [-0.3, -0.25) is 0 Å². The molecule has 21 heavy (non-hydrogen) atoms. The molecule has 116 valence electrons. The first-order chi connectivity index (χ1) is 9.93. The number of carboxylic acids is 1. The van der Waals surface area contributed by atoms with E-state index in [0.717, 1.165) is 36.8 Å². The molecule has 0 radical (unpaired) electrons. The summed E-state index contributed by atoms with van der Waals surface area (Å²) in [6.45, 7) is 8.24. The Morgan fingerprint density at radius 1 is 1.00 bits per heavy atom. The van der Waals surface area contributed by atoms with E-state index in [4.69, 9.17) is 0 Å². The van der Waals surface area contributed by atoms with Gasteiger partial charge in [0.1, 0.15) is 0 Å². The highest BCUT2D eigenvalue weighted by atomic mass is 16.5. The van der Waals surface area contributed by atoms with E-state index in [2.05, 4.69) is 13.8 Å². The number of carboxylic acid groups (broad SMARTS) is 1. The number of fused-ring (bicyclic) bond motifs is 1. The number of hydrogen-bond acceptors (Lipinski definition) is 3. The monoisotopic (exact) mass is 291 g/mol. The van der Waals surface area contributed by atoms with Crippen molar-refractivity contribution in [3.05, 3.63) is 34.9 Å². The van der Waals surface area contributed by atoms with Crippen LogP contribution in [0.2, 0.25) is 0 Å². The second-order valence-electron chi connectivity index (χ2n) is 5.85. The molecule has 1 aliphatic rings. The second kappa shape index (κ2) is 5.43. The zero-order chi connectivity index (χ0) is 15.8. The third-order valence-electron chi connectivity index (χ3n) is 5.42. The van der Waals surface area contributed by atoms with Gasteiger partial charge in [0.2, 0.25) is 0 Å². The highest BCUT2D eigenvalue weighted by Crippen LogP contribution is 2.54. The Morgan fingerprint density at radius 3 is 1.90 bits per heavy atom. The van der Waals surface area contributed by atoms with Crippen LogP contribution >= 0.6 is 0 Å². The topological polar surface area (TPSA) is 60.8 Å². The van der Waals surface area contributed by atoms with Gasteiger partial charge in [-0.25, -0.2) is 4.79 Å². The molecule has 0 spiro atoms. The molecule has 2 N–H and O–H groups in total. The fourth-order valence-electron chi connectivity index (χ4n) is 3.97. The van der Waals surface area contributed by atoms with Crippen molar-refractivity contribution in [1.82, 2.24) is 5.06 Å². The van der Waals surface area contributed by atoms with Crippen LogP contribution in [0.4, 0.5) is 0 Å². The summed E-state index contributed by atoms with van der Waals surface area (Å²) in [6.07, 6.45) is 3.08. The van der Waals surface area contributed by atoms with E-state index >= 15 is 0 Å². The molecule has 1 aliphatic heterocycles. The smallest absolute Gasteiger partial charge is 0.335 e. The molecule has 0 bridgehead atoms. The van der Waals surface area contributed by atoms with Crippen molar-refractivity contribution in [2.45, 2.75) is 64.5 Å². The van der Waals surface area contributed by atoms with Crippen molar-refractivity contribution in [2.24, 2.45) is 0 Å². The normalized spacial score (nSPS) is 19.5. The van der Waals surface area contributed by atoms with Crippen LogP contribution < -0.4 is 0 Å². The molecule has 0 unspecified atom stereocenters. The molecule has 4 nitrogen and oxygen atoms in total. The zero-order valence-electron chi connectivity index (χ0n) is 13.3. The van der Waals surface area contributed by atoms with Crippen LogP contribution in [-0.2, 0) is 11.1 Å². The van der Waals surface area contributed by atoms with Gasteiger partial charge in [0.25, 0.3) is 0 Å². The van der Waals surface area contributed by atoms with E-state index in [1.165, 1.54) is 5.06 Å². The second-order valence-corrected chi connectivity index (χ2v) is 5.85. The van der Waals surface area contributed by atoms with Crippen LogP contribution in [0.1, 0.15) is 74.9 Å². The number of rotatable bonds is 5. The Bertz CT molecular complexity index is 545. The predicted octanol–water partition coefficient (Wildman–Crippen LogP) is 4.12. The zero-order valence-corrected chi connectivity index (χ0v) is 13.3. The molecule has 0 fully saturated rings. The molecule has 0 saturated heterocycles. The van der Waals surface area contributed by atoms with Crippen molar-refractivity contribution >= 4 is 5.97 Å². The van der Waals surface area contributed by atoms with Crippen LogP contribution in [0.3, 0.4) is 0 Å².